The van der Waals surface area contributed by atoms with Gasteiger partial charge in [0, 0.05) is 11.1 Å². The monoisotopic (exact) mass is 436 g/mol. The molecule has 1 aromatic heterocycles. The fourth-order valence-electron chi connectivity index (χ4n) is 3.21. The van der Waals surface area contributed by atoms with Crippen molar-refractivity contribution in [2.75, 3.05) is 0 Å². The van der Waals surface area contributed by atoms with Crippen LogP contribution in [0, 0.1) is 6.92 Å². The van der Waals surface area contributed by atoms with Gasteiger partial charge in [-0.25, -0.2) is 9.78 Å². The minimum absolute atomic E-state index is 0.180. The summed E-state index contributed by atoms with van der Waals surface area (Å²) in [6.45, 7) is 3.57. The number of benzene rings is 1. The van der Waals surface area contributed by atoms with Crippen molar-refractivity contribution in [1.82, 2.24) is 10.3 Å². The minimum atomic E-state index is -0.848. The maximum atomic E-state index is 12.5. The zero-order valence-corrected chi connectivity index (χ0v) is 18.1. The third-order valence-corrected chi connectivity index (χ3v) is 6.17. The molecule has 1 N–H and O–H groups in total. The minimum Gasteiger partial charge on any atom is -0.486 e. The summed E-state index contributed by atoms with van der Waals surface area (Å²) in [4.78, 5) is 29.6. The van der Waals surface area contributed by atoms with Crippen LogP contribution in [0.15, 0.2) is 24.3 Å². The molecule has 1 aromatic carbocycles. The van der Waals surface area contributed by atoms with Gasteiger partial charge in [0.05, 0.1) is 5.69 Å². The van der Waals surface area contributed by atoms with Gasteiger partial charge in [0.2, 0.25) is 0 Å². The SMILES string of the molecule is Cc1nc(COc2ccc(Cl)cc2)sc1C(=O)OC(C)C(=O)NC1CCCCC1. The second kappa shape index (κ2) is 10.1. The lowest BCUT2D eigenvalue weighted by atomic mass is 9.95. The number of hydrogen-bond donors (Lipinski definition) is 1. The van der Waals surface area contributed by atoms with E-state index in [1.54, 1.807) is 38.1 Å². The van der Waals surface area contributed by atoms with Gasteiger partial charge in [0.15, 0.2) is 6.10 Å². The van der Waals surface area contributed by atoms with Crippen molar-refractivity contribution >= 4 is 34.8 Å². The topological polar surface area (TPSA) is 77.5 Å². The number of thiazole rings is 1. The van der Waals surface area contributed by atoms with Crippen LogP contribution in [0.2, 0.25) is 5.02 Å². The number of aryl methyl sites for hydroxylation is 1. The summed E-state index contributed by atoms with van der Waals surface area (Å²) in [5.41, 5.74) is 0.564. The first-order chi connectivity index (χ1) is 13.9. The fraction of sp³-hybridized carbons (Fsp3) is 0.476. The molecule has 0 saturated heterocycles. The summed E-state index contributed by atoms with van der Waals surface area (Å²) in [6, 6.07) is 7.20. The van der Waals surface area contributed by atoms with Gasteiger partial charge in [-0.05, 0) is 51.0 Å². The van der Waals surface area contributed by atoms with Crippen molar-refractivity contribution in [1.29, 1.82) is 0 Å². The second-order valence-electron chi connectivity index (χ2n) is 7.16. The van der Waals surface area contributed by atoms with E-state index in [-0.39, 0.29) is 18.6 Å². The average molecular weight is 437 g/mol. The normalized spacial score (nSPS) is 15.6. The van der Waals surface area contributed by atoms with Gasteiger partial charge < -0.3 is 14.8 Å². The summed E-state index contributed by atoms with van der Waals surface area (Å²) in [6.07, 6.45) is 4.58. The molecule has 6 nitrogen and oxygen atoms in total. The third kappa shape index (κ3) is 6.18. The fourth-order valence-corrected chi connectivity index (χ4v) is 4.20. The zero-order chi connectivity index (χ0) is 20.8. The van der Waals surface area contributed by atoms with Gasteiger partial charge in [-0.15, -0.1) is 11.3 Å². The van der Waals surface area contributed by atoms with Gasteiger partial charge in [0.25, 0.3) is 5.91 Å². The highest BCUT2D eigenvalue weighted by atomic mass is 35.5. The Labute approximate surface area is 179 Å². The molecule has 0 aliphatic heterocycles. The number of nitrogens with one attached hydrogen (secondary N) is 1. The van der Waals surface area contributed by atoms with E-state index in [1.807, 2.05) is 0 Å². The van der Waals surface area contributed by atoms with Crippen molar-refractivity contribution in [3.8, 4) is 5.75 Å². The molecule has 1 heterocycles. The molecule has 1 aliphatic rings. The molecule has 2 aromatic rings. The molecule has 1 amide bonds. The maximum absolute atomic E-state index is 12.5. The summed E-state index contributed by atoms with van der Waals surface area (Å²) in [5, 5.41) is 4.27. The van der Waals surface area contributed by atoms with Crippen molar-refractivity contribution in [2.24, 2.45) is 0 Å². The van der Waals surface area contributed by atoms with Gasteiger partial charge >= 0.3 is 5.97 Å². The number of hydrogen-bond acceptors (Lipinski definition) is 6. The van der Waals surface area contributed by atoms with Gasteiger partial charge in [-0.3, -0.25) is 4.79 Å². The lowest BCUT2D eigenvalue weighted by Gasteiger charge is -2.24. The van der Waals surface area contributed by atoms with E-state index in [0.717, 1.165) is 25.7 Å². The molecule has 1 fully saturated rings. The predicted molar refractivity (Wildman–Crippen MR) is 113 cm³/mol. The highest BCUT2D eigenvalue weighted by Gasteiger charge is 2.25. The number of amides is 1. The Morgan fingerprint density at radius 2 is 1.93 bits per heavy atom. The first-order valence-corrected chi connectivity index (χ1v) is 11.0. The van der Waals surface area contributed by atoms with Crippen LogP contribution in [0.5, 0.6) is 5.75 Å². The van der Waals surface area contributed by atoms with Crippen molar-refractivity contribution < 1.29 is 19.1 Å². The number of nitrogens with zero attached hydrogens (tertiary/aromatic N) is 1. The van der Waals surface area contributed by atoms with Gasteiger partial charge in [-0.2, -0.15) is 0 Å². The van der Waals surface area contributed by atoms with Crippen LogP contribution in [0.4, 0.5) is 0 Å². The van der Waals surface area contributed by atoms with Crippen molar-refractivity contribution in [2.45, 2.75) is 64.7 Å². The van der Waals surface area contributed by atoms with Crippen LogP contribution in [0.25, 0.3) is 0 Å². The summed E-state index contributed by atoms with van der Waals surface area (Å²) in [5.74, 6) is -0.123. The lowest BCUT2D eigenvalue weighted by Crippen LogP contribution is -2.42. The van der Waals surface area contributed by atoms with E-state index in [0.29, 0.717) is 26.4 Å². The average Bonchev–Trinajstić information content (AvgIpc) is 3.09. The number of carbonyl (C=O) groups excluding carboxylic acids is 2. The van der Waals surface area contributed by atoms with E-state index in [1.165, 1.54) is 17.8 Å². The Kier molecular flexibility index (Phi) is 7.50. The number of rotatable bonds is 7. The molecule has 1 atom stereocenters. The molecule has 0 spiro atoms. The molecule has 1 unspecified atom stereocenters. The maximum Gasteiger partial charge on any atom is 0.351 e. The molecule has 0 bridgehead atoms. The molecule has 8 heteroatoms. The quantitative estimate of drug-likeness (QED) is 0.637. The molecule has 156 valence electrons. The number of ether oxygens (including phenoxy) is 2. The number of aromatic nitrogens is 1. The third-order valence-electron chi connectivity index (χ3n) is 4.81. The number of esters is 1. The lowest BCUT2D eigenvalue weighted by molar-refractivity contribution is -0.130. The first kappa shape index (κ1) is 21.6. The Morgan fingerprint density at radius 1 is 1.24 bits per heavy atom. The Morgan fingerprint density at radius 3 is 2.62 bits per heavy atom. The molecule has 1 aliphatic carbocycles. The molecule has 0 radical (unpaired) electrons. The van der Waals surface area contributed by atoms with E-state index in [2.05, 4.69) is 10.3 Å². The molecule has 3 rings (SSSR count). The van der Waals surface area contributed by atoms with Crippen LogP contribution in [-0.2, 0) is 16.1 Å². The van der Waals surface area contributed by atoms with Crippen LogP contribution < -0.4 is 10.1 Å². The van der Waals surface area contributed by atoms with Crippen LogP contribution in [0.1, 0.15) is 59.4 Å². The Balaban J connectivity index is 1.53. The number of carbonyl (C=O) groups is 2. The van der Waals surface area contributed by atoms with E-state index >= 15 is 0 Å². The van der Waals surface area contributed by atoms with Gasteiger partial charge in [-0.1, -0.05) is 30.9 Å². The van der Waals surface area contributed by atoms with E-state index in [9.17, 15) is 9.59 Å². The summed E-state index contributed by atoms with van der Waals surface area (Å²) < 4.78 is 11.0. The highest BCUT2D eigenvalue weighted by molar-refractivity contribution is 7.13. The van der Waals surface area contributed by atoms with Crippen molar-refractivity contribution in [3.63, 3.8) is 0 Å². The highest BCUT2D eigenvalue weighted by Crippen LogP contribution is 2.23. The molecular weight excluding hydrogens is 412 g/mol. The van der Waals surface area contributed by atoms with Gasteiger partial charge in [0.1, 0.15) is 22.2 Å². The summed E-state index contributed by atoms with van der Waals surface area (Å²) >= 11 is 7.07. The summed E-state index contributed by atoms with van der Waals surface area (Å²) in [7, 11) is 0. The number of halogens is 1. The van der Waals surface area contributed by atoms with Crippen molar-refractivity contribution in [3.05, 3.63) is 44.9 Å². The van der Waals surface area contributed by atoms with E-state index < -0.39 is 12.1 Å². The predicted octanol–water partition coefficient (Wildman–Crippen LogP) is 4.68. The standard InChI is InChI=1S/C21H25ClN2O4S/c1-13-19(29-18(23-13)12-27-17-10-8-15(22)9-11-17)21(26)28-14(2)20(25)24-16-6-4-3-5-7-16/h8-11,14,16H,3-7,12H2,1-2H3,(H,24,25). The first-order valence-electron chi connectivity index (χ1n) is 9.78. The molecule has 1 saturated carbocycles. The molecule has 29 heavy (non-hydrogen) atoms. The van der Waals surface area contributed by atoms with Crippen LogP contribution in [-0.4, -0.2) is 29.0 Å². The zero-order valence-electron chi connectivity index (χ0n) is 16.6. The van der Waals surface area contributed by atoms with E-state index in [4.69, 9.17) is 21.1 Å². The second-order valence-corrected chi connectivity index (χ2v) is 8.68. The Bertz CT molecular complexity index is 847. The smallest absolute Gasteiger partial charge is 0.351 e. The van der Waals surface area contributed by atoms with Crippen LogP contribution >= 0.6 is 22.9 Å². The molecular formula is C21H25ClN2O4S. The Hall–Kier alpha value is -2.12. The largest absolute Gasteiger partial charge is 0.486 e. The van der Waals surface area contributed by atoms with Crippen LogP contribution in [0.3, 0.4) is 0 Å².